The summed E-state index contributed by atoms with van der Waals surface area (Å²) < 4.78 is 35.2. The van der Waals surface area contributed by atoms with Crippen LogP contribution in [0.3, 0.4) is 0 Å². The zero-order chi connectivity index (χ0) is 24.8. The molecule has 0 radical (unpaired) electrons. The van der Waals surface area contributed by atoms with Crippen molar-refractivity contribution in [1.29, 1.82) is 0 Å². The summed E-state index contributed by atoms with van der Waals surface area (Å²) in [4.78, 5) is 6.64. The normalized spacial score (nSPS) is 19.1. The SMILES string of the molecule is CCNC(=S)N(Cc1cnc(S(=O)(=O)Cc2cccc(C)c2)n1C1CCCCC1)C[C@@H]1CCCO1. The predicted molar refractivity (Wildman–Crippen MR) is 142 cm³/mol. The Hall–Kier alpha value is -1.97. The molecule has 35 heavy (non-hydrogen) atoms. The van der Waals surface area contributed by atoms with Crippen LogP contribution in [-0.4, -0.2) is 53.8 Å². The van der Waals surface area contributed by atoms with E-state index in [0.29, 0.717) is 18.2 Å². The van der Waals surface area contributed by atoms with E-state index in [1.807, 2.05) is 42.7 Å². The third kappa shape index (κ3) is 6.62. The molecule has 1 atom stereocenters. The second kappa shape index (κ2) is 11.8. The molecule has 0 bridgehead atoms. The number of sulfone groups is 1. The standard InChI is InChI=1S/C26H38N4O3S2/c1-3-27-25(34)29(18-24-13-8-14-33-24)17-23-16-28-26(30(23)22-11-5-4-6-12-22)35(31,32)19-21-10-7-9-20(2)15-21/h7,9-10,15-16,22,24H,3-6,8,11-14,17-19H2,1-2H3,(H,27,34)/t24-/m0/s1. The second-order valence-corrected chi connectivity index (χ2v) is 12.1. The van der Waals surface area contributed by atoms with Gasteiger partial charge in [-0.2, -0.15) is 0 Å². The number of hydrogen-bond acceptors (Lipinski definition) is 5. The van der Waals surface area contributed by atoms with E-state index < -0.39 is 9.84 Å². The Kier molecular flexibility index (Phi) is 8.83. The molecule has 1 saturated carbocycles. The summed E-state index contributed by atoms with van der Waals surface area (Å²) in [6.45, 7) is 6.72. The van der Waals surface area contributed by atoms with Crippen molar-refractivity contribution in [3.63, 3.8) is 0 Å². The van der Waals surface area contributed by atoms with Gasteiger partial charge in [-0.1, -0.05) is 49.1 Å². The molecule has 2 fully saturated rings. The Morgan fingerprint density at radius 2 is 2.03 bits per heavy atom. The number of aryl methyl sites for hydroxylation is 1. The van der Waals surface area contributed by atoms with Gasteiger partial charge in [0.25, 0.3) is 0 Å². The average Bonchev–Trinajstić information content (AvgIpc) is 3.49. The number of nitrogens with one attached hydrogen (secondary N) is 1. The molecule has 9 heteroatoms. The maximum Gasteiger partial charge on any atom is 0.228 e. The third-order valence-electron chi connectivity index (χ3n) is 6.91. The van der Waals surface area contributed by atoms with Gasteiger partial charge < -0.3 is 19.5 Å². The summed E-state index contributed by atoms with van der Waals surface area (Å²) >= 11 is 5.70. The van der Waals surface area contributed by atoms with Crippen LogP contribution in [0.25, 0.3) is 0 Å². The van der Waals surface area contributed by atoms with E-state index in [1.165, 1.54) is 6.42 Å². The lowest BCUT2D eigenvalue weighted by Gasteiger charge is -2.31. The minimum absolute atomic E-state index is 0.0483. The van der Waals surface area contributed by atoms with Crippen LogP contribution < -0.4 is 5.32 Å². The maximum absolute atomic E-state index is 13.6. The van der Waals surface area contributed by atoms with Gasteiger partial charge in [-0.3, -0.25) is 0 Å². The van der Waals surface area contributed by atoms with Crippen LogP contribution in [0.2, 0.25) is 0 Å². The fourth-order valence-corrected chi connectivity index (χ4v) is 7.06. The highest BCUT2D eigenvalue weighted by molar-refractivity contribution is 7.90. The monoisotopic (exact) mass is 518 g/mol. The summed E-state index contributed by atoms with van der Waals surface area (Å²) in [6.07, 6.45) is 9.32. The van der Waals surface area contributed by atoms with E-state index in [1.54, 1.807) is 6.20 Å². The first-order chi connectivity index (χ1) is 16.9. The molecule has 7 nitrogen and oxygen atoms in total. The quantitative estimate of drug-likeness (QED) is 0.488. The smallest absolute Gasteiger partial charge is 0.228 e. The number of imidazole rings is 1. The van der Waals surface area contributed by atoms with Gasteiger partial charge in [-0.15, -0.1) is 0 Å². The molecule has 2 aromatic rings. The van der Waals surface area contributed by atoms with Crippen molar-refractivity contribution in [2.75, 3.05) is 19.7 Å². The number of nitrogens with zero attached hydrogens (tertiary/aromatic N) is 3. The van der Waals surface area contributed by atoms with Crippen molar-refractivity contribution in [2.24, 2.45) is 0 Å². The molecule has 1 aliphatic carbocycles. The Bertz CT molecular complexity index is 1100. The first-order valence-corrected chi connectivity index (χ1v) is 14.9. The fourth-order valence-electron chi connectivity index (χ4n) is 5.25. The van der Waals surface area contributed by atoms with E-state index in [9.17, 15) is 8.42 Å². The van der Waals surface area contributed by atoms with Crippen LogP contribution in [0.1, 0.15) is 74.7 Å². The van der Waals surface area contributed by atoms with Gasteiger partial charge in [0.2, 0.25) is 15.0 Å². The average molecular weight is 519 g/mol. The van der Waals surface area contributed by atoms with Gasteiger partial charge in [-0.05, 0) is 57.3 Å². The van der Waals surface area contributed by atoms with Gasteiger partial charge in [0, 0.05) is 25.7 Å². The Balaban J connectivity index is 1.66. The first-order valence-electron chi connectivity index (χ1n) is 12.9. The fraction of sp³-hybridized carbons (Fsp3) is 0.615. The largest absolute Gasteiger partial charge is 0.376 e. The lowest BCUT2D eigenvalue weighted by atomic mass is 9.95. The number of hydrogen-bond donors (Lipinski definition) is 1. The first kappa shape index (κ1) is 26.1. The van der Waals surface area contributed by atoms with Crippen molar-refractivity contribution < 1.29 is 13.2 Å². The molecule has 0 spiro atoms. The molecular weight excluding hydrogens is 480 g/mol. The van der Waals surface area contributed by atoms with Crippen LogP contribution >= 0.6 is 12.2 Å². The van der Waals surface area contributed by atoms with Crippen molar-refractivity contribution >= 4 is 27.2 Å². The van der Waals surface area contributed by atoms with E-state index >= 15 is 0 Å². The summed E-state index contributed by atoms with van der Waals surface area (Å²) in [5.41, 5.74) is 2.74. The van der Waals surface area contributed by atoms with Crippen molar-refractivity contribution in [3.8, 4) is 0 Å². The molecule has 2 aliphatic rings. The van der Waals surface area contributed by atoms with Crippen LogP contribution in [0.5, 0.6) is 0 Å². The minimum Gasteiger partial charge on any atom is -0.376 e. The van der Waals surface area contributed by atoms with Crippen LogP contribution in [-0.2, 0) is 26.9 Å². The summed E-state index contributed by atoms with van der Waals surface area (Å²) in [5, 5.41) is 4.13. The van der Waals surface area contributed by atoms with E-state index in [0.717, 1.165) is 68.5 Å². The summed E-state index contributed by atoms with van der Waals surface area (Å²) in [7, 11) is -3.62. The molecule has 0 amide bonds. The molecule has 4 rings (SSSR count). The van der Waals surface area contributed by atoms with Crippen molar-refractivity contribution in [1.82, 2.24) is 19.8 Å². The lowest BCUT2D eigenvalue weighted by Crippen LogP contribution is -2.43. The summed E-state index contributed by atoms with van der Waals surface area (Å²) in [6, 6.07) is 7.83. The Labute approximate surface area is 215 Å². The molecular formula is C26H38N4O3S2. The number of rotatable bonds is 9. The van der Waals surface area contributed by atoms with Gasteiger partial charge in [0.1, 0.15) is 0 Å². The van der Waals surface area contributed by atoms with Gasteiger partial charge >= 0.3 is 0 Å². The van der Waals surface area contributed by atoms with Crippen molar-refractivity contribution in [2.45, 2.75) is 88.4 Å². The number of benzene rings is 1. The molecule has 1 aromatic heterocycles. The number of thiocarbonyl (C=S) groups is 1. The minimum atomic E-state index is -3.62. The lowest BCUT2D eigenvalue weighted by molar-refractivity contribution is 0.0891. The Morgan fingerprint density at radius 1 is 1.23 bits per heavy atom. The molecule has 0 unspecified atom stereocenters. The van der Waals surface area contributed by atoms with Crippen LogP contribution in [0.4, 0.5) is 0 Å². The second-order valence-electron chi connectivity index (χ2n) is 9.79. The zero-order valence-electron chi connectivity index (χ0n) is 20.9. The number of aromatic nitrogens is 2. The predicted octanol–water partition coefficient (Wildman–Crippen LogP) is 4.55. The highest BCUT2D eigenvalue weighted by Gasteiger charge is 2.30. The highest BCUT2D eigenvalue weighted by Crippen LogP contribution is 2.33. The van der Waals surface area contributed by atoms with Crippen molar-refractivity contribution in [3.05, 3.63) is 47.3 Å². The molecule has 1 saturated heterocycles. The van der Waals surface area contributed by atoms with Crippen LogP contribution in [0.15, 0.2) is 35.6 Å². The van der Waals surface area contributed by atoms with Gasteiger partial charge in [0.15, 0.2) is 5.11 Å². The van der Waals surface area contributed by atoms with E-state index in [-0.39, 0.29) is 23.1 Å². The van der Waals surface area contributed by atoms with Gasteiger partial charge in [0.05, 0.1) is 30.3 Å². The van der Waals surface area contributed by atoms with Gasteiger partial charge in [-0.25, -0.2) is 13.4 Å². The topological polar surface area (TPSA) is 76.5 Å². The zero-order valence-corrected chi connectivity index (χ0v) is 22.5. The van der Waals surface area contributed by atoms with E-state index in [2.05, 4.69) is 15.2 Å². The molecule has 1 N–H and O–H groups in total. The molecule has 2 heterocycles. The summed E-state index contributed by atoms with van der Waals surface area (Å²) in [5.74, 6) is -0.0483. The number of ether oxygens (including phenoxy) is 1. The molecule has 1 aliphatic heterocycles. The highest BCUT2D eigenvalue weighted by atomic mass is 32.2. The maximum atomic E-state index is 13.6. The van der Waals surface area contributed by atoms with Crippen LogP contribution in [0, 0.1) is 6.92 Å². The molecule has 192 valence electrons. The third-order valence-corrected chi connectivity index (χ3v) is 8.89. The van der Waals surface area contributed by atoms with E-state index in [4.69, 9.17) is 17.0 Å². The molecule has 1 aromatic carbocycles. The Morgan fingerprint density at radius 3 is 2.71 bits per heavy atom.